The minimum Gasteiger partial charge on any atom is -0.481 e. The maximum absolute atomic E-state index is 13.4. The van der Waals surface area contributed by atoms with E-state index in [1.165, 1.54) is 22.7 Å². The lowest BCUT2D eigenvalue weighted by Gasteiger charge is -2.35. The maximum Gasteiger partial charge on any atom is 0.416 e. The molecule has 1 unspecified atom stereocenters. The Bertz CT molecular complexity index is 1070. The maximum atomic E-state index is 13.4. The monoisotopic (exact) mass is 512 g/mol. The van der Waals surface area contributed by atoms with Crippen LogP contribution in [0.25, 0.3) is 0 Å². The van der Waals surface area contributed by atoms with Crippen molar-refractivity contribution in [2.45, 2.75) is 19.1 Å². The number of anilines is 2. The van der Waals surface area contributed by atoms with E-state index in [9.17, 15) is 27.9 Å². The number of aromatic nitrogens is 2. The van der Waals surface area contributed by atoms with Gasteiger partial charge in [0.25, 0.3) is 0 Å². The van der Waals surface area contributed by atoms with Gasteiger partial charge in [-0.2, -0.15) is 17.9 Å². The van der Waals surface area contributed by atoms with Gasteiger partial charge < -0.3 is 19.6 Å². The van der Waals surface area contributed by atoms with E-state index in [-0.39, 0.29) is 12.6 Å². The molecular formula is C22H27F3N6O3S. The van der Waals surface area contributed by atoms with E-state index in [0.717, 1.165) is 12.1 Å². The molecule has 2 N–H and O–H groups in total. The van der Waals surface area contributed by atoms with Gasteiger partial charge in [0.15, 0.2) is 5.82 Å². The summed E-state index contributed by atoms with van der Waals surface area (Å²) in [6.07, 6.45) is -0.630. The van der Waals surface area contributed by atoms with Crippen molar-refractivity contribution >= 4 is 35.5 Å². The third kappa shape index (κ3) is 5.84. The molecule has 0 saturated carbocycles. The fourth-order valence-corrected chi connectivity index (χ4v) is 4.74. The number of nitrogens with one attached hydrogen (secondary N) is 1. The van der Waals surface area contributed by atoms with Crippen LogP contribution >= 0.6 is 11.9 Å². The minimum absolute atomic E-state index is 0.184. The molecule has 2 saturated heterocycles. The zero-order chi connectivity index (χ0) is 25.2. The van der Waals surface area contributed by atoms with Crippen molar-refractivity contribution < 1.29 is 27.9 Å². The van der Waals surface area contributed by atoms with Crippen LogP contribution in [-0.4, -0.2) is 82.2 Å². The minimum atomic E-state index is -4.48. The van der Waals surface area contributed by atoms with Gasteiger partial charge in [-0.15, -0.1) is 5.10 Å². The average molecular weight is 513 g/mol. The van der Waals surface area contributed by atoms with Crippen LogP contribution in [0.3, 0.4) is 0 Å². The molecule has 9 nitrogen and oxygen atoms in total. The Kier molecular flexibility index (Phi) is 7.45. The molecule has 13 heteroatoms. The molecule has 2 aromatic rings. The van der Waals surface area contributed by atoms with E-state index in [1.54, 1.807) is 22.1 Å². The Hall–Kier alpha value is -2.93. The quantitative estimate of drug-likeness (QED) is 0.570. The van der Waals surface area contributed by atoms with E-state index in [2.05, 4.69) is 14.7 Å². The Morgan fingerprint density at radius 1 is 1.17 bits per heavy atom. The topological polar surface area (TPSA) is 93.9 Å². The van der Waals surface area contributed by atoms with Crippen molar-refractivity contribution in [1.82, 2.24) is 19.6 Å². The standard InChI is InChI=1S/C22H27F3N6O3S/c1-35-27-19-5-7-31(26-19)21(34)29-10-8-28(9-11-29)13-15-2-3-17(22(23,24)25)12-18(15)30-6-4-16(14-30)20(32)33/h2-3,5,7,12,16H,4,6,8-11,13-14H2,1H3,(H,26,27)(H,32,33). The molecule has 1 amide bonds. The van der Waals surface area contributed by atoms with Crippen LogP contribution in [0.2, 0.25) is 0 Å². The van der Waals surface area contributed by atoms with Crippen LogP contribution in [0, 0.1) is 5.92 Å². The lowest BCUT2D eigenvalue weighted by molar-refractivity contribution is -0.141. The van der Waals surface area contributed by atoms with Crippen LogP contribution < -0.4 is 9.62 Å². The summed E-state index contributed by atoms with van der Waals surface area (Å²) in [6.45, 7) is 3.03. The van der Waals surface area contributed by atoms with Gasteiger partial charge >= 0.3 is 18.2 Å². The largest absolute Gasteiger partial charge is 0.481 e. The van der Waals surface area contributed by atoms with Crippen LogP contribution in [-0.2, 0) is 17.5 Å². The number of amides is 1. The lowest BCUT2D eigenvalue weighted by Crippen LogP contribution is -2.49. The number of piperazine rings is 1. The third-order valence-electron chi connectivity index (χ3n) is 6.32. The van der Waals surface area contributed by atoms with E-state index >= 15 is 0 Å². The van der Waals surface area contributed by atoms with Gasteiger partial charge in [0.05, 0.1) is 11.5 Å². The number of carbonyl (C=O) groups excluding carboxylic acids is 1. The number of carbonyl (C=O) groups is 2. The fourth-order valence-electron chi connectivity index (χ4n) is 4.42. The highest BCUT2D eigenvalue weighted by Crippen LogP contribution is 2.36. The molecule has 4 rings (SSSR count). The number of nitrogens with zero attached hydrogens (tertiary/aromatic N) is 5. The molecule has 2 aliphatic heterocycles. The van der Waals surface area contributed by atoms with Crippen molar-refractivity contribution in [2.24, 2.45) is 5.92 Å². The molecule has 0 bridgehead atoms. The van der Waals surface area contributed by atoms with Gasteiger partial charge in [-0.1, -0.05) is 18.0 Å². The van der Waals surface area contributed by atoms with Gasteiger partial charge in [0, 0.05) is 70.0 Å². The van der Waals surface area contributed by atoms with Gasteiger partial charge in [0.1, 0.15) is 0 Å². The number of hydrogen-bond acceptors (Lipinski definition) is 7. The van der Waals surface area contributed by atoms with Gasteiger partial charge in [0.2, 0.25) is 0 Å². The SMILES string of the molecule is CSNc1ccn(C(=O)N2CCN(Cc3ccc(C(F)(F)F)cc3N3CCC(C(=O)O)C3)CC2)n1. The molecule has 3 heterocycles. The molecule has 190 valence electrons. The second-order valence-electron chi connectivity index (χ2n) is 8.61. The van der Waals surface area contributed by atoms with Crippen molar-refractivity contribution in [1.29, 1.82) is 0 Å². The third-order valence-corrected chi connectivity index (χ3v) is 6.73. The van der Waals surface area contributed by atoms with E-state index in [1.807, 2.05) is 6.26 Å². The average Bonchev–Trinajstić information content (AvgIpc) is 3.49. The number of aliphatic carboxylic acids is 1. The highest BCUT2D eigenvalue weighted by molar-refractivity contribution is 7.99. The smallest absolute Gasteiger partial charge is 0.416 e. The predicted molar refractivity (Wildman–Crippen MR) is 126 cm³/mol. The summed E-state index contributed by atoms with van der Waals surface area (Å²) in [5, 5.41) is 13.5. The van der Waals surface area contributed by atoms with E-state index in [4.69, 9.17) is 0 Å². The summed E-state index contributed by atoms with van der Waals surface area (Å²) in [5.74, 6) is -0.942. The second-order valence-corrected chi connectivity index (χ2v) is 9.22. The second kappa shape index (κ2) is 10.4. The molecule has 1 atom stereocenters. The van der Waals surface area contributed by atoms with Gasteiger partial charge in [-0.3, -0.25) is 9.69 Å². The first kappa shape index (κ1) is 25.2. The Labute approximate surface area is 205 Å². The number of carboxylic acids is 1. The molecule has 35 heavy (non-hydrogen) atoms. The first-order chi connectivity index (χ1) is 16.7. The molecule has 1 aromatic carbocycles. The summed E-state index contributed by atoms with van der Waals surface area (Å²) >= 11 is 1.38. The van der Waals surface area contributed by atoms with Crippen molar-refractivity contribution in [3.05, 3.63) is 41.6 Å². The van der Waals surface area contributed by atoms with Gasteiger partial charge in [-0.25, -0.2) is 4.79 Å². The van der Waals surface area contributed by atoms with Crippen LogP contribution in [0.1, 0.15) is 17.5 Å². The number of alkyl halides is 3. The van der Waals surface area contributed by atoms with E-state index in [0.29, 0.717) is 62.8 Å². The number of benzene rings is 1. The molecule has 0 aliphatic carbocycles. The normalized spacial score (nSPS) is 19.3. The number of carboxylic acid groups (broad SMARTS) is 1. The van der Waals surface area contributed by atoms with Crippen LogP contribution in [0.15, 0.2) is 30.5 Å². The molecule has 2 fully saturated rings. The summed E-state index contributed by atoms with van der Waals surface area (Å²) in [7, 11) is 0. The van der Waals surface area contributed by atoms with Crippen molar-refractivity contribution in [2.75, 3.05) is 55.1 Å². The molecule has 0 radical (unpaired) electrons. The summed E-state index contributed by atoms with van der Waals surface area (Å²) < 4.78 is 44.4. The van der Waals surface area contributed by atoms with Crippen LogP contribution in [0.5, 0.6) is 0 Å². The first-order valence-corrected chi connectivity index (χ1v) is 12.4. The first-order valence-electron chi connectivity index (χ1n) is 11.2. The summed E-state index contributed by atoms with van der Waals surface area (Å²) in [4.78, 5) is 29.6. The Balaban J connectivity index is 1.43. The number of halogens is 3. The zero-order valence-corrected chi connectivity index (χ0v) is 20.0. The molecule has 2 aliphatic rings. The molecule has 1 aromatic heterocycles. The van der Waals surface area contributed by atoms with E-state index < -0.39 is 23.6 Å². The zero-order valence-electron chi connectivity index (χ0n) is 19.2. The fraction of sp³-hybridized carbons (Fsp3) is 0.500. The number of hydrogen-bond donors (Lipinski definition) is 2. The van der Waals surface area contributed by atoms with Crippen molar-refractivity contribution in [3.63, 3.8) is 0 Å². The Morgan fingerprint density at radius 2 is 1.91 bits per heavy atom. The number of rotatable bonds is 6. The summed E-state index contributed by atoms with van der Waals surface area (Å²) in [5.41, 5.74) is 0.385. The lowest BCUT2D eigenvalue weighted by atomic mass is 10.1. The Morgan fingerprint density at radius 3 is 2.54 bits per heavy atom. The predicted octanol–water partition coefficient (Wildman–Crippen LogP) is 3.29. The molecular weight excluding hydrogens is 485 g/mol. The summed E-state index contributed by atoms with van der Waals surface area (Å²) in [6, 6.07) is 5.15. The van der Waals surface area contributed by atoms with Crippen LogP contribution in [0.4, 0.5) is 29.5 Å². The highest BCUT2D eigenvalue weighted by Gasteiger charge is 2.34. The van der Waals surface area contributed by atoms with Gasteiger partial charge in [-0.05, 0) is 24.1 Å². The van der Waals surface area contributed by atoms with Crippen molar-refractivity contribution in [3.8, 4) is 0 Å². The highest BCUT2D eigenvalue weighted by atomic mass is 32.2. The molecule has 0 spiro atoms.